The fourth-order valence-electron chi connectivity index (χ4n) is 1.46. The average Bonchev–Trinajstić information content (AvgIpc) is 2.09. The van der Waals surface area contributed by atoms with Gasteiger partial charge in [-0.1, -0.05) is 11.1 Å². The molecule has 0 unspecified atom stereocenters. The summed E-state index contributed by atoms with van der Waals surface area (Å²) in [5.41, 5.74) is 6.86. The highest BCUT2D eigenvalue weighted by molar-refractivity contribution is 5.80. The SMILES string of the molecule is CC1=C(C)CC(N)(C(=O)O)C1. The number of carboxylic acid groups (broad SMARTS) is 1. The van der Waals surface area contributed by atoms with Crippen molar-refractivity contribution in [3.05, 3.63) is 11.1 Å². The molecule has 0 heterocycles. The van der Waals surface area contributed by atoms with E-state index in [1.165, 1.54) is 0 Å². The van der Waals surface area contributed by atoms with E-state index < -0.39 is 11.5 Å². The molecule has 0 bridgehead atoms. The van der Waals surface area contributed by atoms with E-state index >= 15 is 0 Å². The van der Waals surface area contributed by atoms with Gasteiger partial charge in [0.05, 0.1) is 0 Å². The number of carboxylic acids is 1. The van der Waals surface area contributed by atoms with Crippen LogP contribution in [-0.2, 0) is 4.79 Å². The zero-order valence-electron chi connectivity index (χ0n) is 6.85. The van der Waals surface area contributed by atoms with Gasteiger partial charge in [-0.3, -0.25) is 4.79 Å². The molecule has 1 aliphatic rings. The second kappa shape index (κ2) is 2.34. The fourth-order valence-corrected chi connectivity index (χ4v) is 1.46. The topological polar surface area (TPSA) is 63.3 Å². The highest BCUT2D eigenvalue weighted by Crippen LogP contribution is 2.32. The third-order valence-electron chi connectivity index (χ3n) is 2.32. The lowest BCUT2D eigenvalue weighted by atomic mass is 9.96. The first-order chi connectivity index (χ1) is 4.96. The molecular weight excluding hydrogens is 142 g/mol. The molecule has 0 saturated carbocycles. The molecule has 1 aliphatic carbocycles. The van der Waals surface area contributed by atoms with Crippen molar-refractivity contribution in [2.24, 2.45) is 5.73 Å². The number of carbonyl (C=O) groups is 1. The van der Waals surface area contributed by atoms with Gasteiger partial charge in [-0.15, -0.1) is 0 Å². The van der Waals surface area contributed by atoms with Gasteiger partial charge in [0.2, 0.25) is 0 Å². The molecule has 3 N–H and O–H groups in total. The van der Waals surface area contributed by atoms with Crippen molar-refractivity contribution in [3.8, 4) is 0 Å². The van der Waals surface area contributed by atoms with Crippen molar-refractivity contribution in [1.29, 1.82) is 0 Å². The minimum atomic E-state index is -1.02. The molecule has 11 heavy (non-hydrogen) atoms. The van der Waals surface area contributed by atoms with Gasteiger partial charge in [0.1, 0.15) is 5.54 Å². The molecule has 0 aromatic carbocycles. The summed E-state index contributed by atoms with van der Waals surface area (Å²) in [6, 6.07) is 0. The summed E-state index contributed by atoms with van der Waals surface area (Å²) in [5, 5.41) is 8.76. The van der Waals surface area contributed by atoms with Crippen LogP contribution in [0.4, 0.5) is 0 Å². The minimum absolute atomic E-state index is 0.494. The van der Waals surface area contributed by atoms with E-state index in [9.17, 15) is 4.79 Å². The molecule has 1 rings (SSSR count). The van der Waals surface area contributed by atoms with E-state index in [0.29, 0.717) is 12.8 Å². The van der Waals surface area contributed by atoms with Crippen LogP contribution in [0.1, 0.15) is 26.7 Å². The van der Waals surface area contributed by atoms with Crippen LogP contribution in [0, 0.1) is 0 Å². The average molecular weight is 155 g/mol. The van der Waals surface area contributed by atoms with Gasteiger partial charge in [-0.25, -0.2) is 0 Å². The second-order valence-corrected chi connectivity index (χ2v) is 3.38. The standard InChI is InChI=1S/C8H13NO2/c1-5-3-8(9,7(10)11)4-6(5)2/h3-4,9H2,1-2H3,(H,10,11). The summed E-state index contributed by atoms with van der Waals surface area (Å²) in [7, 11) is 0. The normalized spacial score (nSPS) is 22.5. The van der Waals surface area contributed by atoms with Gasteiger partial charge in [0.25, 0.3) is 0 Å². The van der Waals surface area contributed by atoms with Gasteiger partial charge < -0.3 is 10.8 Å². The highest BCUT2D eigenvalue weighted by atomic mass is 16.4. The summed E-state index contributed by atoms with van der Waals surface area (Å²) < 4.78 is 0. The predicted octanol–water partition coefficient (Wildman–Crippen LogP) is 0.899. The van der Waals surface area contributed by atoms with E-state index in [4.69, 9.17) is 10.8 Å². The summed E-state index contributed by atoms with van der Waals surface area (Å²) in [6.45, 7) is 3.87. The maximum absolute atomic E-state index is 10.7. The molecular formula is C8H13NO2. The Hall–Kier alpha value is -0.830. The number of rotatable bonds is 1. The van der Waals surface area contributed by atoms with E-state index in [1.54, 1.807) is 0 Å². The van der Waals surface area contributed by atoms with Crippen LogP contribution in [0.15, 0.2) is 11.1 Å². The third kappa shape index (κ3) is 1.28. The van der Waals surface area contributed by atoms with E-state index in [1.807, 2.05) is 13.8 Å². The zero-order valence-corrected chi connectivity index (χ0v) is 6.85. The molecule has 0 radical (unpaired) electrons. The molecule has 0 fully saturated rings. The molecule has 3 heteroatoms. The Kier molecular flexibility index (Phi) is 1.76. The Morgan fingerprint density at radius 1 is 1.45 bits per heavy atom. The third-order valence-corrected chi connectivity index (χ3v) is 2.32. The van der Waals surface area contributed by atoms with Gasteiger partial charge in [0, 0.05) is 0 Å². The van der Waals surface area contributed by atoms with E-state index in [2.05, 4.69) is 0 Å². The Labute approximate surface area is 65.9 Å². The molecule has 3 nitrogen and oxygen atoms in total. The molecule has 62 valence electrons. The van der Waals surface area contributed by atoms with E-state index in [0.717, 1.165) is 11.1 Å². The Balaban J connectivity index is 2.80. The number of nitrogens with two attached hydrogens (primary N) is 1. The highest BCUT2D eigenvalue weighted by Gasteiger charge is 2.38. The van der Waals surface area contributed by atoms with Crippen molar-refractivity contribution in [2.45, 2.75) is 32.2 Å². The first-order valence-corrected chi connectivity index (χ1v) is 3.63. The first-order valence-electron chi connectivity index (χ1n) is 3.63. The molecule has 0 saturated heterocycles. The molecule has 0 spiro atoms. The quantitative estimate of drug-likeness (QED) is 0.553. The van der Waals surface area contributed by atoms with Crippen molar-refractivity contribution in [3.63, 3.8) is 0 Å². The van der Waals surface area contributed by atoms with Crippen LogP contribution >= 0.6 is 0 Å². The lowest BCUT2D eigenvalue weighted by Crippen LogP contribution is -2.45. The van der Waals surface area contributed by atoms with Crippen LogP contribution in [0.25, 0.3) is 0 Å². The van der Waals surface area contributed by atoms with Crippen LogP contribution in [0.5, 0.6) is 0 Å². The maximum Gasteiger partial charge on any atom is 0.324 e. The van der Waals surface area contributed by atoms with Crippen molar-refractivity contribution >= 4 is 5.97 Å². The van der Waals surface area contributed by atoms with Gasteiger partial charge in [-0.05, 0) is 26.7 Å². The Morgan fingerprint density at radius 3 is 2.00 bits per heavy atom. The molecule has 0 amide bonds. The zero-order chi connectivity index (χ0) is 8.65. The molecule has 0 aromatic rings. The summed E-state index contributed by atoms with van der Waals surface area (Å²) in [6.07, 6.45) is 0.988. The Bertz CT molecular complexity index is 216. The van der Waals surface area contributed by atoms with Crippen LogP contribution < -0.4 is 5.73 Å². The number of hydrogen-bond acceptors (Lipinski definition) is 2. The van der Waals surface area contributed by atoms with Gasteiger partial charge in [-0.2, -0.15) is 0 Å². The molecule has 0 atom stereocenters. The summed E-state index contributed by atoms with van der Waals surface area (Å²) >= 11 is 0. The summed E-state index contributed by atoms with van der Waals surface area (Å²) in [4.78, 5) is 10.7. The van der Waals surface area contributed by atoms with Gasteiger partial charge >= 0.3 is 5.97 Å². The van der Waals surface area contributed by atoms with Crippen molar-refractivity contribution in [1.82, 2.24) is 0 Å². The fraction of sp³-hybridized carbons (Fsp3) is 0.625. The molecule has 0 aliphatic heterocycles. The van der Waals surface area contributed by atoms with Gasteiger partial charge in [0.15, 0.2) is 0 Å². The van der Waals surface area contributed by atoms with E-state index in [-0.39, 0.29) is 0 Å². The largest absolute Gasteiger partial charge is 0.480 e. The lowest BCUT2D eigenvalue weighted by molar-refractivity contribution is -0.142. The van der Waals surface area contributed by atoms with Crippen LogP contribution in [0.2, 0.25) is 0 Å². The number of aliphatic carboxylic acids is 1. The van der Waals surface area contributed by atoms with Crippen LogP contribution in [0.3, 0.4) is 0 Å². The minimum Gasteiger partial charge on any atom is -0.480 e. The Morgan fingerprint density at radius 2 is 1.82 bits per heavy atom. The molecule has 0 aromatic heterocycles. The lowest BCUT2D eigenvalue weighted by Gasteiger charge is -2.17. The monoisotopic (exact) mass is 155 g/mol. The second-order valence-electron chi connectivity index (χ2n) is 3.38. The first kappa shape index (κ1) is 8.27. The smallest absolute Gasteiger partial charge is 0.324 e. The maximum atomic E-state index is 10.7. The summed E-state index contributed by atoms with van der Waals surface area (Å²) in [5.74, 6) is -0.895. The number of hydrogen-bond donors (Lipinski definition) is 2. The van der Waals surface area contributed by atoms with Crippen molar-refractivity contribution < 1.29 is 9.90 Å². The van der Waals surface area contributed by atoms with Crippen molar-refractivity contribution in [2.75, 3.05) is 0 Å². The predicted molar refractivity (Wildman–Crippen MR) is 42.2 cm³/mol. The van der Waals surface area contributed by atoms with Crippen LogP contribution in [-0.4, -0.2) is 16.6 Å².